The van der Waals surface area contributed by atoms with Crippen LogP contribution in [0.5, 0.6) is 0 Å². The number of ether oxygens (including phenoxy) is 1. The van der Waals surface area contributed by atoms with Crippen LogP contribution in [0.4, 0.5) is 5.69 Å². The van der Waals surface area contributed by atoms with Crippen molar-refractivity contribution < 1.29 is 18.8 Å². The quantitative estimate of drug-likeness (QED) is 0.464. The maximum atomic E-state index is 12.0. The highest BCUT2D eigenvalue weighted by atomic mass is 32.1. The summed E-state index contributed by atoms with van der Waals surface area (Å²) in [5.74, 6) is -0.0509. The first kappa shape index (κ1) is 18.8. The summed E-state index contributed by atoms with van der Waals surface area (Å²) in [5, 5.41) is 10.6. The number of esters is 1. The predicted octanol–water partition coefficient (Wildman–Crippen LogP) is 4.07. The monoisotopic (exact) mass is 407 g/mol. The molecule has 0 atom stereocenters. The van der Waals surface area contributed by atoms with E-state index in [0.29, 0.717) is 17.4 Å². The molecule has 2 aromatic carbocycles. The summed E-state index contributed by atoms with van der Waals surface area (Å²) in [6.07, 6.45) is 0.304. The van der Waals surface area contributed by atoms with Gasteiger partial charge in [-0.1, -0.05) is 41.6 Å². The van der Waals surface area contributed by atoms with Crippen LogP contribution in [0.25, 0.3) is 21.5 Å². The average molecular weight is 407 g/mol. The Hall–Kier alpha value is -3.52. The third kappa shape index (κ3) is 4.85. The van der Waals surface area contributed by atoms with E-state index in [2.05, 4.69) is 15.5 Å². The molecular weight excluding hydrogens is 390 g/mol. The molecule has 0 spiro atoms. The minimum atomic E-state index is -0.505. The minimum Gasteiger partial charge on any atom is -0.456 e. The van der Waals surface area contributed by atoms with Crippen LogP contribution < -0.4 is 5.32 Å². The summed E-state index contributed by atoms with van der Waals surface area (Å²) in [4.78, 5) is 29.1. The Morgan fingerprint density at radius 2 is 1.93 bits per heavy atom. The van der Waals surface area contributed by atoms with Crippen molar-refractivity contribution in [3.05, 3.63) is 65.9 Å². The number of hydrogen-bond donors (Lipinski definition) is 1. The lowest BCUT2D eigenvalue weighted by molar-refractivity contribution is -0.147. The third-order valence-electron chi connectivity index (χ3n) is 4.15. The summed E-state index contributed by atoms with van der Waals surface area (Å²) >= 11 is 1.51. The van der Waals surface area contributed by atoms with E-state index in [4.69, 9.17) is 9.26 Å². The highest BCUT2D eigenvalue weighted by Crippen LogP contribution is 2.21. The zero-order chi connectivity index (χ0) is 20.1. The maximum Gasteiger partial charge on any atom is 0.306 e. The molecule has 4 rings (SSSR count). The van der Waals surface area contributed by atoms with Gasteiger partial charge in [0.15, 0.2) is 6.61 Å². The standard InChI is InChI=1S/C21H17N3O4S/c25-18(22-16-8-7-14-4-1-2-5-15(14)12-16)13-27-20(26)10-9-19-23-21(24-28-19)17-6-3-11-29-17/h1-8,11-12H,9-10,13H2,(H,22,25). The van der Waals surface area contributed by atoms with E-state index in [1.807, 2.05) is 60.0 Å². The molecular formula is C21H17N3O4S. The van der Waals surface area contributed by atoms with Gasteiger partial charge in [0.2, 0.25) is 11.7 Å². The van der Waals surface area contributed by atoms with E-state index >= 15 is 0 Å². The van der Waals surface area contributed by atoms with E-state index in [9.17, 15) is 9.59 Å². The van der Waals surface area contributed by atoms with Crippen LogP contribution in [0.3, 0.4) is 0 Å². The first-order valence-corrected chi connectivity index (χ1v) is 9.86. The number of nitrogens with one attached hydrogen (secondary N) is 1. The van der Waals surface area contributed by atoms with E-state index in [-0.39, 0.29) is 19.4 Å². The molecule has 0 aliphatic carbocycles. The zero-order valence-corrected chi connectivity index (χ0v) is 16.1. The molecule has 0 aliphatic heterocycles. The number of benzene rings is 2. The molecule has 0 unspecified atom stereocenters. The van der Waals surface area contributed by atoms with Gasteiger partial charge in [-0.15, -0.1) is 11.3 Å². The number of thiophene rings is 1. The fourth-order valence-corrected chi connectivity index (χ4v) is 3.40. The molecule has 146 valence electrons. The Balaban J connectivity index is 1.23. The van der Waals surface area contributed by atoms with Crippen molar-refractivity contribution >= 4 is 39.7 Å². The summed E-state index contributed by atoms with van der Waals surface area (Å²) < 4.78 is 10.2. The second-order valence-corrected chi connectivity index (χ2v) is 7.21. The molecule has 1 N–H and O–H groups in total. The number of fused-ring (bicyclic) bond motifs is 1. The third-order valence-corrected chi connectivity index (χ3v) is 5.02. The second kappa shape index (κ2) is 8.66. The SMILES string of the molecule is O=C(COC(=O)CCc1nc(-c2cccs2)no1)Nc1ccc2ccccc2c1. The van der Waals surface area contributed by atoms with Gasteiger partial charge in [-0.25, -0.2) is 0 Å². The summed E-state index contributed by atoms with van der Waals surface area (Å²) in [6, 6.07) is 17.2. The van der Waals surface area contributed by atoms with Crippen molar-refractivity contribution in [2.75, 3.05) is 11.9 Å². The van der Waals surface area contributed by atoms with Crippen molar-refractivity contribution in [1.29, 1.82) is 0 Å². The minimum absolute atomic E-state index is 0.0509. The van der Waals surface area contributed by atoms with Gasteiger partial charge in [0.05, 0.1) is 11.3 Å². The van der Waals surface area contributed by atoms with Gasteiger partial charge < -0.3 is 14.6 Å². The molecule has 2 aromatic heterocycles. The number of nitrogens with zero attached hydrogens (tertiary/aromatic N) is 2. The molecule has 0 fully saturated rings. The lowest BCUT2D eigenvalue weighted by Crippen LogP contribution is -2.21. The Kier molecular flexibility index (Phi) is 5.62. The average Bonchev–Trinajstić information content (AvgIpc) is 3.42. The first-order valence-electron chi connectivity index (χ1n) is 8.98. The summed E-state index contributed by atoms with van der Waals surface area (Å²) in [5.41, 5.74) is 0.650. The van der Waals surface area contributed by atoms with Gasteiger partial charge in [-0.05, 0) is 34.4 Å². The van der Waals surface area contributed by atoms with E-state index < -0.39 is 11.9 Å². The highest BCUT2D eigenvalue weighted by Gasteiger charge is 2.13. The van der Waals surface area contributed by atoms with Crippen molar-refractivity contribution in [2.45, 2.75) is 12.8 Å². The van der Waals surface area contributed by atoms with E-state index in [0.717, 1.165) is 15.6 Å². The van der Waals surface area contributed by atoms with Crippen LogP contribution in [0.1, 0.15) is 12.3 Å². The first-order chi connectivity index (χ1) is 14.2. The lowest BCUT2D eigenvalue weighted by Gasteiger charge is -2.07. The number of hydrogen-bond acceptors (Lipinski definition) is 7. The normalized spacial score (nSPS) is 10.8. The molecule has 0 saturated carbocycles. The maximum absolute atomic E-state index is 12.0. The zero-order valence-electron chi connectivity index (χ0n) is 15.3. The van der Waals surface area contributed by atoms with Crippen molar-refractivity contribution in [2.24, 2.45) is 0 Å². The van der Waals surface area contributed by atoms with Gasteiger partial charge in [-0.3, -0.25) is 9.59 Å². The van der Waals surface area contributed by atoms with Gasteiger partial charge in [0, 0.05) is 12.1 Å². The largest absolute Gasteiger partial charge is 0.456 e. The number of carbonyl (C=O) groups is 2. The van der Waals surface area contributed by atoms with Crippen LogP contribution in [0.2, 0.25) is 0 Å². The van der Waals surface area contributed by atoms with Crippen molar-refractivity contribution in [1.82, 2.24) is 10.1 Å². The van der Waals surface area contributed by atoms with Gasteiger partial charge >= 0.3 is 5.97 Å². The molecule has 0 saturated heterocycles. The number of amides is 1. The number of anilines is 1. The molecule has 0 radical (unpaired) electrons. The van der Waals surface area contributed by atoms with Crippen LogP contribution >= 0.6 is 11.3 Å². The molecule has 2 heterocycles. The second-order valence-electron chi connectivity index (χ2n) is 6.26. The predicted molar refractivity (Wildman–Crippen MR) is 109 cm³/mol. The van der Waals surface area contributed by atoms with Crippen LogP contribution in [0, 0.1) is 0 Å². The van der Waals surface area contributed by atoms with Crippen molar-refractivity contribution in [3.63, 3.8) is 0 Å². The topological polar surface area (TPSA) is 94.3 Å². The molecule has 8 heteroatoms. The molecule has 1 amide bonds. The van der Waals surface area contributed by atoms with E-state index in [1.54, 1.807) is 0 Å². The summed E-state index contributed by atoms with van der Waals surface area (Å²) in [6.45, 7) is -0.351. The van der Waals surface area contributed by atoms with Crippen LogP contribution in [0.15, 0.2) is 64.5 Å². The number of aryl methyl sites for hydroxylation is 1. The molecule has 0 bridgehead atoms. The highest BCUT2D eigenvalue weighted by molar-refractivity contribution is 7.13. The Bertz CT molecular complexity index is 1140. The molecule has 0 aliphatic rings. The number of carbonyl (C=O) groups excluding carboxylic acids is 2. The number of rotatable bonds is 7. The van der Waals surface area contributed by atoms with Gasteiger partial charge in [0.25, 0.3) is 5.91 Å². The fourth-order valence-electron chi connectivity index (χ4n) is 2.75. The van der Waals surface area contributed by atoms with Crippen LogP contribution in [-0.2, 0) is 20.7 Å². The van der Waals surface area contributed by atoms with Gasteiger partial charge in [0.1, 0.15) is 0 Å². The Morgan fingerprint density at radius 3 is 2.76 bits per heavy atom. The summed E-state index contributed by atoms with van der Waals surface area (Å²) in [7, 11) is 0. The smallest absolute Gasteiger partial charge is 0.306 e. The Labute approximate surface area is 170 Å². The number of aromatic nitrogens is 2. The fraction of sp³-hybridized carbons (Fsp3) is 0.143. The van der Waals surface area contributed by atoms with E-state index in [1.165, 1.54) is 11.3 Å². The van der Waals surface area contributed by atoms with Gasteiger partial charge in [-0.2, -0.15) is 4.98 Å². The van der Waals surface area contributed by atoms with Crippen molar-refractivity contribution in [3.8, 4) is 10.7 Å². The van der Waals surface area contributed by atoms with Crippen LogP contribution in [-0.4, -0.2) is 28.6 Å². The Morgan fingerprint density at radius 1 is 1.07 bits per heavy atom. The molecule has 4 aromatic rings. The molecule has 7 nitrogen and oxygen atoms in total. The lowest BCUT2D eigenvalue weighted by atomic mass is 10.1. The molecule has 29 heavy (non-hydrogen) atoms.